The second-order valence-corrected chi connectivity index (χ2v) is 6.64. The third-order valence-electron chi connectivity index (χ3n) is 4.93. The Kier molecular flexibility index (Phi) is 4.73. The van der Waals surface area contributed by atoms with E-state index < -0.39 is 0 Å². The molecule has 0 spiro atoms. The predicted octanol–water partition coefficient (Wildman–Crippen LogP) is 4.26. The lowest BCUT2D eigenvalue weighted by Gasteiger charge is -2.26. The molecule has 126 valence electrons. The highest BCUT2D eigenvalue weighted by atomic mass is 15.1. The summed E-state index contributed by atoms with van der Waals surface area (Å²) in [7, 11) is 0. The van der Waals surface area contributed by atoms with Crippen molar-refractivity contribution in [2.45, 2.75) is 31.3 Å². The van der Waals surface area contributed by atoms with E-state index in [9.17, 15) is 0 Å². The minimum Gasteiger partial charge on any atom is -0.368 e. The Hall–Kier alpha value is -2.68. The number of amidine groups is 1. The van der Waals surface area contributed by atoms with Gasteiger partial charge in [0.2, 0.25) is 0 Å². The highest BCUT2D eigenvalue weighted by molar-refractivity contribution is 5.85. The topological polar surface area (TPSA) is 37.3 Å². The molecule has 2 aromatic rings. The number of aliphatic imine (C=N–C) groups is 1. The summed E-state index contributed by atoms with van der Waals surface area (Å²) in [5.74, 6) is 1.58. The third-order valence-corrected chi connectivity index (χ3v) is 4.93. The van der Waals surface area contributed by atoms with Crippen LogP contribution in [-0.2, 0) is 6.42 Å². The SMILES string of the molecule is C1=CCC([C@@H]2NC(CCc3ccccn3)=N[C@@H]2c2ccccc2)C=C1. The third kappa shape index (κ3) is 3.71. The van der Waals surface area contributed by atoms with E-state index in [2.05, 4.69) is 71.0 Å². The number of aromatic nitrogens is 1. The molecule has 1 aliphatic heterocycles. The lowest BCUT2D eigenvalue weighted by molar-refractivity contribution is 0.424. The standard InChI is InChI=1S/C22H23N3/c1-3-9-17(10-4-1)21-22(18-11-5-2-6-12-18)25-20(24-21)15-14-19-13-7-8-16-23-19/h1-11,13,16,18,21-22H,12,14-15H2,(H,24,25)/t18?,21-,22+/m1/s1. The first-order valence-corrected chi connectivity index (χ1v) is 9.01. The van der Waals surface area contributed by atoms with Gasteiger partial charge in [0.1, 0.15) is 0 Å². The van der Waals surface area contributed by atoms with Crippen LogP contribution in [0.3, 0.4) is 0 Å². The molecule has 2 heterocycles. The maximum atomic E-state index is 5.05. The van der Waals surface area contributed by atoms with E-state index in [0.717, 1.165) is 30.8 Å². The predicted molar refractivity (Wildman–Crippen MR) is 102 cm³/mol. The van der Waals surface area contributed by atoms with Crippen LogP contribution < -0.4 is 5.32 Å². The van der Waals surface area contributed by atoms with Crippen molar-refractivity contribution in [3.05, 3.63) is 90.3 Å². The molecule has 3 atom stereocenters. The van der Waals surface area contributed by atoms with Gasteiger partial charge in [-0.15, -0.1) is 0 Å². The van der Waals surface area contributed by atoms with Gasteiger partial charge < -0.3 is 5.32 Å². The fraction of sp³-hybridized carbons (Fsp3) is 0.273. The van der Waals surface area contributed by atoms with Crippen LogP contribution in [0.2, 0.25) is 0 Å². The molecule has 1 aliphatic carbocycles. The lowest BCUT2D eigenvalue weighted by atomic mass is 9.86. The number of pyridine rings is 1. The summed E-state index contributed by atoms with van der Waals surface area (Å²) in [5.41, 5.74) is 2.41. The van der Waals surface area contributed by atoms with Crippen LogP contribution >= 0.6 is 0 Å². The summed E-state index contributed by atoms with van der Waals surface area (Å²) in [4.78, 5) is 9.47. The van der Waals surface area contributed by atoms with Crippen LogP contribution in [0, 0.1) is 5.92 Å². The molecule has 0 saturated heterocycles. The van der Waals surface area contributed by atoms with Crippen LogP contribution in [-0.4, -0.2) is 16.9 Å². The minimum atomic E-state index is 0.182. The van der Waals surface area contributed by atoms with E-state index in [0.29, 0.717) is 12.0 Å². The van der Waals surface area contributed by atoms with E-state index in [-0.39, 0.29) is 6.04 Å². The summed E-state index contributed by atoms with van der Waals surface area (Å²) < 4.78 is 0. The van der Waals surface area contributed by atoms with Gasteiger partial charge in [-0.1, -0.05) is 60.7 Å². The van der Waals surface area contributed by atoms with Crippen molar-refractivity contribution < 1.29 is 0 Å². The number of aryl methyl sites for hydroxylation is 1. The summed E-state index contributed by atoms with van der Waals surface area (Å²) in [5, 5.41) is 3.72. The molecular weight excluding hydrogens is 306 g/mol. The molecule has 2 aliphatic rings. The normalized spacial score (nSPS) is 24.8. The second-order valence-electron chi connectivity index (χ2n) is 6.64. The molecule has 25 heavy (non-hydrogen) atoms. The smallest absolute Gasteiger partial charge is 0.0978 e. The highest BCUT2D eigenvalue weighted by Crippen LogP contribution is 2.33. The van der Waals surface area contributed by atoms with E-state index in [1.165, 1.54) is 5.56 Å². The Morgan fingerprint density at radius 2 is 1.84 bits per heavy atom. The number of rotatable bonds is 5. The number of benzene rings is 1. The van der Waals surface area contributed by atoms with Crippen molar-refractivity contribution in [3.63, 3.8) is 0 Å². The first-order chi connectivity index (χ1) is 12.4. The molecule has 1 unspecified atom stereocenters. The van der Waals surface area contributed by atoms with Gasteiger partial charge in [-0.3, -0.25) is 9.98 Å². The molecule has 3 heteroatoms. The van der Waals surface area contributed by atoms with Gasteiger partial charge in [0, 0.05) is 24.2 Å². The van der Waals surface area contributed by atoms with Gasteiger partial charge in [-0.25, -0.2) is 0 Å². The molecule has 0 radical (unpaired) electrons. The first kappa shape index (κ1) is 15.8. The number of hydrogen-bond acceptors (Lipinski definition) is 3. The van der Waals surface area contributed by atoms with Crippen LogP contribution in [0.4, 0.5) is 0 Å². The number of allylic oxidation sites excluding steroid dienone is 3. The summed E-state index contributed by atoms with van der Waals surface area (Å²) in [6.45, 7) is 0. The molecule has 1 aromatic heterocycles. The fourth-order valence-corrected chi connectivity index (χ4v) is 3.63. The van der Waals surface area contributed by atoms with Gasteiger partial charge >= 0.3 is 0 Å². The van der Waals surface area contributed by atoms with Crippen molar-refractivity contribution in [1.29, 1.82) is 0 Å². The molecule has 1 aromatic carbocycles. The molecule has 1 N–H and O–H groups in total. The van der Waals surface area contributed by atoms with E-state index in [4.69, 9.17) is 4.99 Å². The molecule has 0 saturated carbocycles. The number of nitrogens with one attached hydrogen (secondary N) is 1. The number of hydrogen-bond donors (Lipinski definition) is 1. The van der Waals surface area contributed by atoms with Crippen molar-refractivity contribution in [1.82, 2.24) is 10.3 Å². The van der Waals surface area contributed by atoms with E-state index in [1.807, 2.05) is 18.3 Å². The maximum Gasteiger partial charge on any atom is 0.0978 e. The molecule has 0 bridgehead atoms. The summed E-state index contributed by atoms with van der Waals surface area (Å²) in [6, 6.07) is 17.2. The molecule has 4 rings (SSSR count). The van der Waals surface area contributed by atoms with Crippen molar-refractivity contribution in [2.75, 3.05) is 0 Å². The number of nitrogens with zero attached hydrogens (tertiary/aromatic N) is 2. The minimum absolute atomic E-state index is 0.182. The van der Waals surface area contributed by atoms with Crippen LogP contribution in [0.5, 0.6) is 0 Å². The quantitative estimate of drug-likeness (QED) is 0.890. The van der Waals surface area contributed by atoms with Gasteiger partial charge in [-0.05, 0) is 30.5 Å². The second kappa shape index (κ2) is 7.47. The molecular formula is C22H23N3. The van der Waals surface area contributed by atoms with Gasteiger partial charge in [-0.2, -0.15) is 0 Å². The largest absolute Gasteiger partial charge is 0.368 e. The fourth-order valence-electron chi connectivity index (χ4n) is 3.63. The van der Waals surface area contributed by atoms with Crippen molar-refractivity contribution >= 4 is 5.84 Å². The maximum absolute atomic E-state index is 5.05. The van der Waals surface area contributed by atoms with Gasteiger partial charge in [0.15, 0.2) is 0 Å². The van der Waals surface area contributed by atoms with E-state index >= 15 is 0 Å². The van der Waals surface area contributed by atoms with Crippen LogP contribution in [0.1, 0.15) is 30.1 Å². The summed E-state index contributed by atoms with van der Waals surface area (Å²) >= 11 is 0. The lowest BCUT2D eigenvalue weighted by Crippen LogP contribution is -2.37. The van der Waals surface area contributed by atoms with Crippen LogP contribution in [0.25, 0.3) is 0 Å². The Morgan fingerprint density at radius 3 is 2.60 bits per heavy atom. The first-order valence-electron chi connectivity index (χ1n) is 9.01. The Morgan fingerprint density at radius 1 is 0.960 bits per heavy atom. The van der Waals surface area contributed by atoms with Crippen LogP contribution in [0.15, 0.2) is 84.0 Å². The average Bonchev–Trinajstić information content (AvgIpc) is 3.13. The average molecular weight is 329 g/mol. The zero-order valence-electron chi connectivity index (χ0n) is 14.3. The molecule has 3 nitrogen and oxygen atoms in total. The van der Waals surface area contributed by atoms with E-state index in [1.54, 1.807) is 0 Å². The van der Waals surface area contributed by atoms with Crippen molar-refractivity contribution in [2.24, 2.45) is 10.9 Å². The summed E-state index contributed by atoms with van der Waals surface area (Å²) in [6.07, 6.45) is 13.6. The van der Waals surface area contributed by atoms with Gasteiger partial charge in [0.05, 0.1) is 17.9 Å². The zero-order chi connectivity index (χ0) is 16.9. The van der Waals surface area contributed by atoms with Crippen molar-refractivity contribution in [3.8, 4) is 0 Å². The molecule has 0 fully saturated rings. The molecule has 0 amide bonds. The Bertz CT molecular complexity index is 777. The monoisotopic (exact) mass is 329 g/mol. The Balaban J connectivity index is 1.52. The van der Waals surface area contributed by atoms with Gasteiger partial charge in [0.25, 0.3) is 0 Å². The zero-order valence-corrected chi connectivity index (χ0v) is 14.3. The Labute approximate surface area is 149 Å². The highest BCUT2D eigenvalue weighted by Gasteiger charge is 2.34.